The lowest BCUT2D eigenvalue weighted by molar-refractivity contribution is -0.247. The summed E-state index contributed by atoms with van der Waals surface area (Å²) in [4.78, 5) is 0. The summed E-state index contributed by atoms with van der Waals surface area (Å²) in [5.41, 5.74) is -1.86. The molecule has 16 heavy (non-hydrogen) atoms. The molecule has 88 valence electrons. The summed E-state index contributed by atoms with van der Waals surface area (Å²) in [5, 5.41) is 0.745. The van der Waals surface area contributed by atoms with Crippen LogP contribution in [0.5, 0.6) is 0 Å². The van der Waals surface area contributed by atoms with Crippen molar-refractivity contribution in [3.8, 4) is 0 Å². The highest BCUT2D eigenvalue weighted by Gasteiger charge is 2.61. The Hall–Kier alpha value is -0.813. The average molecular weight is 246 g/mol. The molecule has 1 atom stereocenters. The minimum atomic E-state index is -4.37. The number of hydrogen-bond acceptors (Lipinski definition) is 1. The van der Waals surface area contributed by atoms with E-state index in [1.807, 2.05) is 0 Å². The maximum atomic E-state index is 13.1. The summed E-state index contributed by atoms with van der Waals surface area (Å²) in [6, 6.07) is 6.66. The van der Waals surface area contributed by atoms with E-state index in [9.17, 15) is 13.2 Å². The number of alkyl halides is 3. The van der Waals surface area contributed by atoms with E-state index in [0.717, 1.165) is 12.1 Å². The largest absolute Gasteiger partial charge is 0.420 e. The van der Waals surface area contributed by atoms with E-state index in [4.69, 9.17) is 4.43 Å². The molecule has 0 radical (unpaired) electrons. The molecule has 1 aromatic carbocycles. The standard InChI is InChI=1S/C11H13F3OSi/c1-10(11(12,13)14)8-6-4-5-7-9(8)16(2,3)15-10/h4-7H,1-3H3. The van der Waals surface area contributed by atoms with Crippen LogP contribution in [-0.2, 0) is 10.0 Å². The monoisotopic (exact) mass is 246 g/mol. The number of benzene rings is 1. The van der Waals surface area contributed by atoms with Gasteiger partial charge in [0.2, 0.25) is 8.32 Å². The van der Waals surface area contributed by atoms with Crippen molar-refractivity contribution < 1.29 is 17.6 Å². The first-order chi connectivity index (χ1) is 7.18. The van der Waals surface area contributed by atoms with Crippen LogP contribution in [0.2, 0.25) is 13.1 Å². The third-order valence-corrected chi connectivity index (χ3v) is 5.74. The topological polar surface area (TPSA) is 9.23 Å². The van der Waals surface area contributed by atoms with Gasteiger partial charge >= 0.3 is 6.18 Å². The van der Waals surface area contributed by atoms with Gasteiger partial charge in [-0.05, 0) is 30.8 Å². The molecular formula is C11H13F3OSi. The van der Waals surface area contributed by atoms with Gasteiger partial charge in [0.05, 0.1) is 0 Å². The Morgan fingerprint density at radius 2 is 1.75 bits per heavy atom. The lowest BCUT2D eigenvalue weighted by Gasteiger charge is -2.30. The Balaban J connectivity index is 2.65. The van der Waals surface area contributed by atoms with Gasteiger partial charge in [0.25, 0.3) is 0 Å². The SMILES string of the molecule is CC1(C(F)(F)F)O[Si](C)(C)c2ccccc21. The second kappa shape index (κ2) is 3.11. The zero-order valence-corrected chi connectivity index (χ0v) is 10.4. The van der Waals surface area contributed by atoms with Crippen molar-refractivity contribution in [1.82, 2.24) is 0 Å². The minimum Gasteiger partial charge on any atom is -0.396 e. The molecule has 0 aromatic heterocycles. The van der Waals surface area contributed by atoms with Crippen molar-refractivity contribution in [3.63, 3.8) is 0 Å². The molecule has 0 spiro atoms. The molecule has 5 heteroatoms. The number of fused-ring (bicyclic) bond motifs is 1. The second-order valence-electron chi connectivity index (χ2n) is 4.69. The molecule has 0 N–H and O–H groups in total. The lowest BCUT2D eigenvalue weighted by atomic mass is 9.95. The van der Waals surface area contributed by atoms with Crippen LogP contribution in [0.4, 0.5) is 13.2 Å². The van der Waals surface area contributed by atoms with Crippen LogP contribution in [0.15, 0.2) is 24.3 Å². The molecule has 1 aliphatic rings. The quantitative estimate of drug-likeness (QED) is 0.640. The van der Waals surface area contributed by atoms with Crippen molar-refractivity contribution in [1.29, 1.82) is 0 Å². The third-order valence-electron chi connectivity index (χ3n) is 3.09. The molecule has 0 saturated heterocycles. The molecule has 0 fully saturated rings. The van der Waals surface area contributed by atoms with Crippen LogP contribution in [0, 0.1) is 0 Å². The van der Waals surface area contributed by atoms with E-state index >= 15 is 0 Å². The number of rotatable bonds is 0. The summed E-state index contributed by atoms with van der Waals surface area (Å²) < 4.78 is 44.6. The van der Waals surface area contributed by atoms with Crippen LogP contribution >= 0.6 is 0 Å². The average Bonchev–Trinajstić information content (AvgIpc) is 2.36. The predicted octanol–water partition coefficient (Wildman–Crippen LogP) is 2.91. The lowest BCUT2D eigenvalue weighted by Crippen LogP contribution is -2.44. The first-order valence-corrected chi connectivity index (χ1v) is 7.96. The summed E-state index contributed by atoms with van der Waals surface area (Å²) in [6.45, 7) is 4.71. The van der Waals surface area contributed by atoms with E-state index in [1.54, 1.807) is 31.3 Å². The van der Waals surface area contributed by atoms with Crippen LogP contribution in [0.1, 0.15) is 12.5 Å². The first kappa shape index (κ1) is 11.7. The van der Waals surface area contributed by atoms with Crippen molar-refractivity contribution in [2.75, 3.05) is 0 Å². The second-order valence-corrected chi connectivity index (χ2v) is 8.45. The maximum Gasteiger partial charge on any atom is 0.420 e. The van der Waals surface area contributed by atoms with E-state index in [0.29, 0.717) is 0 Å². The smallest absolute Gasteiger partial charge is 0.396 e. The Kier molecular flexibility index (Phi) is 2.26. The molecule has 0 aliphatic carbocycles. The Morgan fingerprint density at radius 3 is 2.31 bits per heavy atom. The summed E-state index contributed by atoms with van der Waals surface area (Å²) >= 11 is 0. The Bertz CT molecular complexity index is 427. The first-order valence-electron chi connectivity index (χ1n) is 5.05. The summed E-state index contributed by atoms with van der Waals surface area (Å²) in [7, 11) is -2.43. The normalized spacial score (nSPS) is 27.9. The maximum absolute atomic E-state index is 13.1. The van der Waals surface area contributed by atoms with Gasteiger partial charge in [0, 0.05) is 0 Å². The molecule has 0 saturated carbocycles. The molecule has 1 nitrogen and oxygen atoms in total. The highest BCUT2D eigenvalue weighted by molar-refractivity contribution is 6.85. The van der Waals surface area contributed by atoms with Crippen molar-refractivity contribution in [3.05, 3.63) is 29.8 Å². The fourth-order valence-corrected chi connectivity index (χ4v) is 5.08. The zero-order chi connectivity index (χ0) is 12.2. The van der Waals surface area contributed by atoms with Gasteiger partial charge in [-0.1, -0.05) is 24.3 Å². The number of hydrogen-bond donors (Lipinski definition) is 0. The number of halogens is 3. The van der Waals surface area contributed by atoms with Gasteiger partial charge in [-0.25, -0.2) is 0 Å². The predicted molar refractivity (Wildman–Crippen MR) is 58.1 cm³/mol. The van der Waals surface area contributed by atoms with Gasteiger partial charge < -0.3 is 4.43 Å². The van der Waals surface area contributed by atoms with Crippen molar-refractivity contribution in [2.24, 2.45) is 0 Å². The van der Waals surface area contributed by atoms with Crippen LogP contribution in [-0.4, -0.2) is 14.5 Å². The van der Waals surface area contributed by atoms with Crippen molar-refractivity contribution >= 4 is 13.5 Å². The summed E-state index contributed by atoms with van der Waals surface area (Å²) in [6.07, 6.45) is -4.37. The highest BCUT2D eigenvalue weighted by Crippen LogP contribution is 2.47. The minimum absolute atomic E-state index is 0.277. The Morgan fingerprint density at radius 1 is 1.19 bits per heavy atom. The molecule has 1 aliphatic heterocycles. The molecule has 2 rings (SSSR count). The van der Waals surface area contributed by atoms with Crippen molar-refractivity contribution in [2.45, 2.75) is 31.8 Å². The van der Waals surface area contributed by atoms with E-state index in [-0.39, 0.29) is 5.56 Å². The van der Waals surface area contributed by atoms with Gasteiger partial charge in [-0.15, -0.1) is 0 Å². The van der Waals surface area contributed by atoms with Gasteiger partial charge in [-0.2, -0.15) is 13.2 Å². The van der Waals surface area contributed by atoms with Gasteiger partial charge in [0.15, 0.2) is 5.60 Å². The van der Waals surface area contributed by atoms with Gasteiger partial charge in [0.1, 0.15) is 0 Å². The van der Waals surface area contributed by atoms with E-state index in [2.05, 4.69) is 0 Å². The zero-order valence-electron chi connectivity index (χ0n) is 9.35. The van der Waals surface area contributed by atoms with E-state index < -0.39 is 20.1 Å². The Labute approximate surface area is 93.4 Å². The third kappa shape index (κ3) is 1.42. The molecule has 0 bridgehead atoms. The molecule has 0 amide bonds. The molecule has 1 unspecified atom stereocenters. The fraction of sp³-hybridized carbons (Fsp3) is 0.455. The fourth-order valence-electron chi connectivity index (χ4n) is 2.25. The summed E-state index contributed by atoms with van der Waals surface area (Å²) in [5.74, 6) is 0. The van der Waals surface area contributed by atoms with Crippen LogP contribution in [0.3, 0.4) is 0 Å². The van der Waals surface area contributed by atoms with Crippen LogP contribution in [0.25, 0.3) is 0 Å². The van der Waals surface area contributed by atoms with Crippen LogP contribution < -0.4 is 5.19 Å². The molecular weight excluding hydrogens is 233 g/mol. The highest BCUT2D eigenvalue weighted by atomic mass is 28.4. The molecule has 1 heterocycles. The molecule has 1 aromatic rings. The van der Waals surface area contributed by atoms with E-state index in [1.165, 1.54) is 6.07 Å². The van der Waals surface area contributed by atoms with Gasteiger partial charge in [-0.3, -0.25) is 0 Å².